The third-order valence-electron chi connectivity index (χ3n) is 11.4. The van der Waals surface area contributed by atoms with Crippen LogP contribution >= 0.6 is 0 Å². The van der Waals surface area contributed by atoms with E-state index in [-0.39, 0.29) is 27.6 Å². The Kier molecular flexibility index (Phi) is 5.08. The number of Topliss-reactive ketones (excluding diaryl/α,β-unsaturated/α-hetero) is 1. The van der Waals surface area contributed by atoms with Gasteiger partial charge in [-0.25, -0.2) is 4.79 Å². The molecular formula is C30H42O4. The van der Waals surface area contributed by atoms with E-state index in [1.807, 2.05) is 0 Å². The molecule has 6 atom stereocenters. The van der Waals surface area contributed by atoms with Crippen molar-refractivity contribution < 1.29 is 19.4 Å². The average molecular weight is 467 g/mol. The van der Waals surface area contributed by atoms with Crippen molar-refractivity contribution in [2.75, 3.05) is 0 Å². The van der Waals surface area contributed by atoms with Gasteiger partial charge in [0.1, 0.15) is 5.78 Å². The van der Waals surface area contributed by atoms with Crippen LogP contribution in [0.5, 0.6) is 0 Å². The van der Waals surface area contributed by atoms with Crippen LogP contribution in [-0.2, 0) is 14.3 Å². The molecule has 0 aromatic heterocycles. The molecule has 1 fully saturated rings. The van der Waals surface area contributed by atoms with Gasteiger partial charge < -0.3 is 9.84 Å². The minimum atomic E-state index is -1.51. The van der Waals surface area contributed by atoms with Crippen LogP contribution in [0.1, 0.15) is 99.8 Å². The molecule has 5 aliphatic rings. The van der Waals surface area contributed by atoms with Gasteiger partial charge >= 0.3 is 5.97 Å². The van der Waals surface area contributed by atoms with Crippen LogP contribution in [-0.4, -0.2) is 22.6 Å². The van der Waals surface area contributed by atoms with E-state index < -0.39 is 11.8 Å². The number of carbonyl (C=O) groups excluding carboxylic acids is 2. The first kappa shape index (κ1) is 24.0. The summed E-state index contributed by atoms with van der Waals surface area (Å²) >= 11 is 0. The fourth-order valence-corrected chi connectivity index (χ4v) is 9.34. The van der Waals surface area contributed by atoms with Gasteiger partial charge in [-0.15, -0.1) is 0 Å². The first-order valence-corrected chi connectivity index (χ1v) is 13.3. The third kappa shape index (κ3) is 2.87. The Morgan fingerprint density at radius 1 is 1.06 bits per heavy atom. The van der Waals surface area contributed by atoms with E-state index in [2.05, 4.69) is 47.6 Å². The summed E-state index contributed by atoms with van der Waals surface area (Å²) in [4.78, 5) is 24.9. The highest BCUT2D eigenvalue weighted by Crippen LogP contribution is 2.73. The summed E-state index contributed by atoms with van der Waals surface area (Å²) < 4.78 is 5.40. The van der Waals surface area contributed by atoms with Crippen molar-refractivity contribution in [3.05, 3.63) is 34.4 Å². The molecule has 4 nitrogen and oxygen atoms in total. The van der Waals surface area contributed by atoms with Crippen LogP contribution in [0.15, 0.2) is 34.4 Å². The molecule has 5 rings (SSSR count). The fourth-order valence-electron chi connectivity index (χ4n) is 9.34. The van der Waals surface area contributed by atoms with Crippen LogP contribution in [0.4, 0.5) is 0 Å². The van der Waals surface area contributed by atoms with Gasteiger partial charge in [0.25, 0.3) is 0 Å². The highest BCUT2D eigenvalue weighted by molar-refractivity contribution is 5.90. The Balaban J connectivity index is 1.54. The summed E-state index contributed by atoms with van der Waals surface area (Å²) in [5.74, 6) is -0.917. The van der Waals surface area contributed by atoms with Crippen molar-refractivity contribution in [3.8, 4) is 0 Å². The number of rotatable bonds is 3. The summed E-state index contributed by atoms with van der Waals surface area (Å²) in [5, 5.41) is 11.1. The molecule has 186 valence electrons. The monoisotopic (exact) mass is 466 g/mol. The van der Waals surface area contributed by atoms with E-state index in [4.69, 9.17) is 4.74 Å². The lowest BCUT2D eigenvalue weighted by molar-refractivity contribution is -0.187. The van der Waals surface area contributed by atoms with E-state index >= 15 is 0 Å². The van der Waals surface area contributed by atoms with Crippen LogP contribution in [0, 0.1) is 33.5 Å². The summed E-state index contributed by atoms with van der Waals surface area (Å²) in [6.45, 7) is 15.5. The van der Waals surface area contributed by atoms with Crippen LogP contribution < -0.4 is 0 Å². The van der Waals surface area contributed by atoms with Gasteiger partial charge in [-0.05, 0) is 81.1 Å². The number of hydrogen-bond acceptors (Lipinski definition) is 4. The summed E-state index contributed by atoms with van der Waals surface area (Å²) in [6.07, 6.45) is 11.5. The molecule has 1 spiro atoms. The van der Waals surface area contributed by atoms with Gasteiger partial charge in [0, 0.05) is 29.2 Å². The van der Waals surface area contributed by atoms with Crippen molar-refractivity contribution in [3.63, 3.8) is 0 Å². The Morgan fingerprint density at radius 2 is 1.76 bits per heavy atom. The molecule has 0 bridgehead atoms. The number of allylic oxidation sites excluding steroid dienone is 4. The minimum Gasteiger partial charge on any atom is -0.426 e. The van der Waals surface area contributed by atoms with Crippen molar-refractivity contribution in [1.29, 1.82) is 0 Å². The smallest absolute Gasteiger partial charge is 0.336 e. The standard InChI is InChI=1S/C30H42O4/c1-18-16-29(33,34-25(18)32)17-20(3)28(7)14-10-19(2)30(28)15-11-21-22(30)8-9-23-26(4,5)24(31)12-13-27(21,23)6/h10,16,20,23,33H,8-9,11-15,17H2,1-7H3/t20-,23+,27-,28+,29?,30+/m1/s1. The zero-order valence-electron chi connectivity index (χ0n) is 22.1. The number of ketones is 1. The molecular weight excluding hydrogens is 424 g/mol. The van der Waals surface area contributed by atoms with Gasteiger partial charge in [0.2, 0.25) is 5.79 Å². The van der Waals surface area contributed by atoms with E-state index in [1.165, 1.54) is 5.57 Å². The lowest BCUT2D eigenvalue weighted by Crippen LogP contribution is -2.51. The lowest BCUT2D eigenvalue weighted by atomic mass is 9.47. The van der Waals surface area contributed by atoms with Gasteiger partial charge in [-0.1, -0.05) is 57.4 Å². The van der Waals surface area contributed by atoms with Gasteiger partial charge in [-0.2, -0.15) is 0 Å². The molecule has 1 unspecified atom stereocenters. The number of hydrogen-bond donors (Lipinski definition) is 1. The Hall–Kier alpha value is -1.68. The quantitative estimate of drug-likeness (QED) is 0.384. The maximum Gasteiger partial charge on any atom is 0.336 e. The van der Waals surface area contributed by atoms with Gasteiger partial charge in [0.15, 0.2) is 0 Å². The third-order valence-corrected chi connectivity index (χ3v) is 11.4. The van der Waals surface area contributed by atoms with Gasteiger partial charge in [-0.3, -0.25) is 4.79 Å². The topological polar surface area (TPSA) is 63.6 Å². The highest BCUT2D eigenvalue weighted by Gasteiger charge is 2.64. The van der Waals surface area contributed by atoms with E-state index in [9.17, 15) is 14.7 Å². The summed E-state index contributed by atoms with van der Waals surface area (Å²) in [6, 6.07) is 0. The molecule has 1 aliphatic heterocycles. The molecule has 34 heavy (non-hydrogen) atoms. The van der Waals surface area contributed by atoms with Crippen molar-refractivity contribution in [2.24, 2.45) is 33.5 Å². The van der Waals surface area contributed by atoms with E-state index in [0.29, 0.717) is 30.1 Å². The molecule has 0 saturated heterocycles. The lowest BCUT2D eigenvalue weighted by Gasteiger charge is -2.56. The molecule has 0 aromatic rings. The average Bonchev–Trinajstić information content (AvgIpc) is 3.35. The first-order valence-electron chi connectivity index (χ1n) is 13.3. The molecule has 4 aliphatic carbocycles. The van der Waals surface area contributed by atoms with Gasteiger partial charge in [0.05, 0.1) is 0 Å². The number of ether oxygens (including phenoxy) is 1. The number of cyclic esters (lactones) is 1. The highest BCUT2D eigenvalue weighted by atomic mass is 16.7. The largest absolute Gasteiger partial charge is 0.426 e. The second-order valence-corrected chi connectivity index (χ2v) is 13.2. The molecule has 0 amide bonds. The number of carbonyl (C=O) groups is 2. The zero-order chi connectivity index (χ0) is 24.9. The molecule has 1 N–H and O–H groups in total. The second-order valence-electron chi connectivity index (χ2n) is 13.2. The van der Waals surface area contributed by atoms with Crippen molar-refractivity contribution in [1.82, 2.24) is 0 Å². The molecule has 0 aromatic carbocycles. The maximum atomic E-state index is 12.9. The number of aliphatic hydroxyl groups is 1. The molecule has 1 saturated carbocycles. The Labute approximate surface area is 204 Å². The predicted octanol–water partition coefficient (Wildman–Crippen LogP) is 6.44. The molecule has 4 heteroatoms. The van der Waals surface area contributed by atoms with E-state index in [1.54, 1.807) is 24.1 Å². The number of fused-ring (bicyclic) bond motifs is 3. The zero-order valence-corrected chi connectivity index (χ0v) is 22.1. The molecule has 0 radical (unpaired) electrons. The van der Waals surface area contributed by atoms with Crippen molar-refractivity contribution in [2.45, 2.75) is 106 Å². The summed E-state index contributed by atoms with van der Waals surface area (Å²) in [5.41, 5.74) is 5.03. The summed E-state index contributed by atoms with van der Waals surface area (Å²) in [7, 11) is 0. The minimum absolute atomic E-state index is 0.000931. The Morgan fingerprint density at radius 3 is 2.41 bits per heavy atom. The SMILES string of the molecule is CC1=CC(O)(C[C@@H](C)[C@]2(C)CC=C(C)[C@]23CCC2=C3CC[C@H]3C(C)(C)C(=O)CC[C@]23C)OC1=O. The van der Waals surface area contributed by atoms with Crippen LogP contribution in [0.3, 0.4) is 0 Å². The Bertz CT molecular complexity index is 1060. The van der Waals surface area contributed by atoms with Crippen molar-refractivity contribution >= 4 is 11.8 Å². The molecule has 1 heterocycles. The first-order chi connectivity index (χ1) is 15.7. The van der Waals surface area contributed by atoms with E-state index in [0.717, 1.165) is 38.5 Å². The number of esters is 1. The van der Waals surface area contributed by atoms with Crippen LogP contribution in [0.25, 0.3) is 0 Å². The normalized spacial score (nSPS) is 44.1. The maximum absolute atomic E-state index is 12.9. The predicted molar refractivity (Wildman–Crippen MR) is 133 cm³/mol. The van der Waals surface area contributed by atoms with Crippen LogP contribution in [0.2, 0.25) is 0 Å². The second kappa shape index (κ2) is 7.18. The fraction of sp³-hybridized carbons (Fsp3) is 0.733.